The van der Waals surface area contributed by atoms with Gasteiger partial charge in [0.15, 0.2) is 5.13 Å². The first kappa shape index (κ1) is 9.93. The molecule has 0 spiro atoms. The lowest BCUT2D eigenvalue weighted by Crippen LogP contribution is -2.04. The lowest BCUT2D eigenvalue weighted by molar-refractivity contribution is 0.0905. The van der Waals surface area contributed by atoms with E-state index in [1.807, 2.05) is 0 Å². The van der Waals surface area contributed by atoms with Gasteiger partial charge in [-0.3, -0.25) is 0 Å². The average Bonchev–Trinajstić information content (AvgIpc) is 2.77. The lowest BCUT2D eigenvalue weighted by Gasteiger charge is -2.08. The van der Waals surface area contributed by atoms with Gasteiger partial charge in [0.05, 0.1) is 11.5 Å². The standard InChI is InChI=1S/C10H16N2OS/c11-10-12-5-9(14-10)7-13-6-8-3-1-2-4-8/h5,8H,1-4,6-7H2,(H2,11,12). The topological polar surface area (TPSA) is 48.1 Å². The summed E-state index contributed by atoms with van der Waals surface area (Å²) in [6.45, 7) is 1.57. The van der Waals surface area contributed by atoms with Crippen LogP contribution in [0.3, 0.4) is 0 Å². The molecule has 1 heterocycles. The summed E-state index contributed by atoms with van der Waals surface area (Å²) >= 11 is 1.51. The van der Waals surface area contributed by atoms with E-state index >= 15 is 0 Å². The van der Waals surface area contributed by atoms with Crippen molar-refractivity contribution in [3.8, 4) is 0 Å². The molecule has 14 heavy (non-hydrogen) atoms. The zero-order valence-corrected chi connectivity index (χ0v) is 9.05. The molecule has 1 aliphatic rings. The number of rotatable bonds is 4. The summed E-state index contributed by atoms with van der Waals surface area (Å²) in [6, 6.07) is 0. The molecule has 2 N–H and O–H groups in total. The van der Waals surface area contributed by atoms with Crippen LogP contribution in [-0.4, -0.2) is 11.6 Å². The van der Waals surface area contributed by atoms with E-state index in [4.69, 9.17) is 10.5 Å². The van der Waals surface area contributed by atoms with E-state index in [-0.39, 0.29) is 0 Å². The number of nitrogens with zero attached hydrogens (tertiary/aromatic N) is 1. The van der Waals surface area contributed by atoms with Crippen LogP contribution in [0.5, 0.6) is 0 Å². The number of anilines is 1. The molecule has 78 valence electrons. The summed E-state index contributed by atoms with van der Waals surface area (Å²) in [5, 5.41) is 0.629. The van der Waals surface area contributed by atoms with Crippen molar-refractivity contribution in [3.05, 3.63) is 11.1 Å². The van der Waals surface area contributed by atoms with Gasteiger partial charge in [-0.15, -0.1) is 0 Å². The fraction of sp³-hybridized carbons (Fsp3) is 0.700. The first-order valence-corrected chi connectivity index (χ1v) is 5.94. The van der Waals surface area contributed by atoms with Crippen molar-refractivity contribution in [1.82, 2.24) is 4.98 Å². The fourth-order valence-electron chi connectivity index (χ4n) is 1.89. The third-order valence-electron chi connectivity index (χ3n) is 2.64. The smallest absolute Gasteiger partial charge is 0.180 e. The predicted octanol–water partition coefficient (Wildman–Crippen LogP) is 2.43. The first-order valence-electron chi connectivity index (χ1n) is 5.12. The van der Waals surface area contributed by atoms with Gasteiger partial charge in [-0.1, -0.05) is 24.2 Å². The molecule has 0 amide bonds. The van der Waals surface area contributed by atoms with Gasteiger partial charge in [0, 0.05) is 12.8 Å². The Hall–Kier alpha value is -0.610. The van der Waals surface area contributed by atoms with Gasteiger partial charge in [0.25, 0.3) is 0 Å². The molecule has 0 aliphatic heterocycles. The summed E-state index contributed by atoms with van der Waals surface area (Å²) in [4.78, 5) is 5.11. The second kappa shape index (κ2) is 4.75. The number of nitrogens with two attached hydrogens (primary N) is 1. The Morgan fingerprint density at radius 3 is 2.93 bits per heavy atom. The van der Waals surface area contributed by atoms with Crippen LogP contribution < -0.4 is 5.73 Å². The SMILES string of the molecule is Nc1ncc(COCC2CCCC2)s1. The van der Waals surface area contributed by atoms with Gasteiger partial charge < -0.3 is 10.5 Å². The lowest BCUT2D eigenvalue weighted by atomic mass is 10.1. The van der Waals surface area contributed by atoms with Gasteiger partial charge >= 0.3 is 0 Å². The van der Waals surface area contributed by atoms with Crippen LogP contribution in [0, 0.1) is 5.92 Å². The number of aromatic nitrogens is 1. The van der Waals surface area contributed by atoms with Crippen molar-refractivity contribution >= 4 is 16.5 Å². The molecule has 0 aromatic carbocycles. The van der Waals surface area contributed by atoms with E-state index in [0.717, 1.165) is 17.4 Å². The number of hydrogen-bond donors (Lipinski definition) is 1. The highest BCUT2D eigenvalue weighted by molar-refractivity contribution is 7.15. The highest BCUT2D eigenvalue weighted by Gasteiger charge is 2.14. The zero-order chi connectivity index (χ0) is 9.80. The molecule has 4 heteroatoms. The number of hydrogen-bond acceptors (Lipinski definition) is 4. The first-order chi connectivity index (χ1) is 6.84. The van der Waals surface area contributed by atoms with E-state index in [9.17, 15) is 0 Å². The Kier molecular flexibility index (Phi) is 3.37. The number of ether oxygens (including phenoxy) is 1. The molecule has 1 aromatic rings. The summed E-state index contributed by atoms with van der Waals surface area (Å²) in [6.07, 6.45) is 7.23. The van der Waals surface area contributed by atoms with Crippen molar-refractivity contribution in [3.63, 3.8) is 0 Å². The minimum Gasteiger partial charge on any atom is -0.376 e. The Balaban J connectivity index is 1.67. The molecule has 3 nitrogen and oxygen atoms in total. The molecule has 1 aromatic heterocycles. The van der Waals surface area contributed by atoms with Crippen LogP contribution in [0.1, 0.15) is 30.6 Å². The quantitative estimate of drug-likeness (QED) is 0.834. The molecule has 1 fully saturated rings. The average molecular weight is 212 g/mol. The molecule has 0 bridgehead atoms. The van der Waals surface area contributed by atoms with E-state index < -0.39 is 0 Å². The Bertz CT molecular complexity index is 281. The van der Waals surface area contributed by atoms with Gasteiger partial charge in [-0.25, -0.2) is 4.98 Å². The zero-order valence-electron chi connectivity index (χ0n) is 8.24. The third-order valence-corrected chi connectivity index (χ3v) is 3.44. The minimum atomic E-state index is 0.629. The van der Waals surface area contributed by atoms with Gasteiger partial charge in [-0.2, -0.15) is 0 Å². The Morgan fingerprint density at radius 2 is 2.29 bits per heavy atom. The molecule has 0 atom stereocenters. The molecule has 0 radical (unpaired) electrons. The van der Waals surface area contributed by atoms with E-state index in [1.54, 1.807) is 6.20 Å². The van der Waals surface area contributed by atoms with Crippen LogP contribution >= 0.6 is 11.3 Å². The van der Waals surface area contributed by atoms with Crippen molar-refractivity contribution in [2.75, 3.05) is 12.3 Å². The number of thiazole rings is 1. The second-order valence-corrected chi connectivity index (χ2v) is 4.98. The monoisotopic (exact) mass is 212 g/mol. The molecule has 2 rings (SSSR count). The highest BCUT2D eigenvalue weighted by atomic mass is 32.1. The Morgan fingerprint density at radius 1 is 1.50 bits per heavy atom. The molecule has 1 saturated carbocycles. The largest absolute Gasteiger partial charge is 0.376 e. The molecule has 0 unspecified atom stereocenters. The van der Waals surface area contributed by atoms with Crippen LogP contribution in [0.15, 0.2) is 6.20 Å². The van der Waals surface area contributed by atoms with Gasteiger partial charge in [-0.05, 0) is 18.8 Å². The van der Waals surface area contributed by atoms with Crippen LogP contribution in [0.4, 0.5) is 5.13 Å². The summed E-state index contributed by atoms with van der Waals surface area (Å²) in [5.41, 5.74) is 5.52. The second-order valence-electron chi connectivity index (χ2n) is 3.83. The molecule has 1 aliphatic carbocycles. The van der Waals surface area contributed by atoms with E-state index in [1.165, 1.54) is 37.0 Å². The Labute approximate surface area is 88.3 Å². The summed E-state index contributed by atoms with van der Waals surface area (Å²) in [5.74, 6) is 0.792. The van der Waals surface area contributed by atoms with Crippen LogP contribution in [0.2, 0.25) is 0 Å². The van der Waals surface area contributed by atoms with Crippen molar-refractivity contribution in [1.29, 1.82) is 0 Å². The predicted molar refractivity (Wildman–Crippen MR) is 58.1 cm³/mol. The van der Waals surface area contributed by atoms with Gasteiger partial charge in [0.1, 0.15) is 0 Å². The minimum absolute atomic E-state index is 0.629. The summed E-state index contributed by atoms with van der Waals surface area (Å²) < 4.78 is 5.63. The van der Waals surface area contributed by atoms with Crippen molar-refractivity contribution in [2.45, 2.75) is 32.3 Å². The normalized spacial score (nSPS) is 17.7. The van der Waals surface area contributed by atoms with E-state index in [0.29, 0.717) is 11.7 Å². The van der Waals surface area contributed by atoms with Crippen molar-refractivity contribution < 1.29 is 4.74 Å². The third kappa shape index (κ3) is 2.69. The van der Waals surface area contributed by atoms with E-state index in [2.05, 4.69) is 4.98 Å². The highest BCUT2D eigenvalue weighted by Crippen LogP contribution is 2.25. The maximum Gasteiger partial charge on any atom is 0.180 e. The van der Waals surface area contributed by atoms with Crippen LogP contribution in [0.25, 0.3) is 0 Å². The molecule has 0 saturated heterocycles. The van der Waals surface area contributed by atoms with Crippen LogP contribution in [-0.2, 0) is 11.3 Å². The molecular formula is C10H16N2OS. The fourth-order valence-corrected chi connectivity index (χ4v) is 2.51. The number of nitrogen functional groups attached to an aromatic ring is 1. The summed E-state index contributed by atoms with van der Waals surface area (Å²) in [7, 11) is 0. The molecular weight excluding hydrogens is 196 g/mol. The van der Waals surface area contributed by atoms with Gasteiger partial charge in [0.2, 0.25) is 0 Å². The van der Waals surface area contributed by atoms with Crippen molar-refractivity contribution in [2.24, 2.45) is 5.92 Å². The maximum atomic E-state index is 5.63. The maximum absolute atomic E-state index is 5.63.